The average molecular weight is 705 g/mol. The SMILES string of the molecule is C[N+]1(C)CCC(OC(=O)Nc2cc(CCC(=O)Nc3ccc(CNCC(O)c4ccc(O)c5[nH]c(=O)ccc45)cc3)ccc2-c2ccccc2)CC1. The fourth-order valence-electron chi connectivity index (χ4n) is 6.57. The van der Waals surface area contributed by atoms with Crippen LogP contribution in [-0.4, -0.2) is 71.5 Å². The van der Waals surface area contributed by atoms with E-state index in [0.29, 0.717) is 40.8 Å². The first-order valence-electron chi connectivity index (χ1n) is 17.6. The largest absolute Gasteiger partial charge is 0.506 e. The molecule has 0 aliphatic carbocycles. The first-order chi connectivity index (χ1) is 25.0. The van der Waals surface area contributed by atoms with Crippen molar-refractivity contribution in [3.05, 3.63) is 124 Å². The monoisotopic (exact) mass is 704 g/mol. The second-order valence-electron chi connectivity index (χ2n) is 14.0. The van der Waals surface area contributed by atoms with E-state index in [-0.39, 0.29) is 36.3 Å². The molecule has 0 spiro atoms. The van der Waals surface area contributed by atoms with Gasteiger partial charge < -0.3 is 35.1 Å². The lowest BCUT2D eigenvalue weighted by atomic mass is 9.99. The van der Waals surface area contributed by atoms with Crippen LogP contribution in [0.4, 0.5) is 16.2 Å². The highest BCUT2D eigenvalue weighted by molar-refractivity contribution is 5.93. The summed E-state index contributed by atoms with van der Waals surface area (Å²) in [5.41, 5.74) is 5.60. The summed E-state index contributed by atoms with van der Waals surface area (Å²) in [7, 11) is 4.38. The Morgan fingerprint density at radius 3 is 2.38 bits per heavy atom. The van der Waals surface area contributed by atoms with Gasteiger partial charge in [0.2, 0.25) is 11.5 Å². The number of pyridine rings is 1. The summed E-state index contributed by atoms with van der Waals surface area (Å²) in [6, 6.07) is 29.3. The molecule has 1 atom stereocenters. The molecule has 270 valence electrons. The zero-order chi connectivity index (χ0) is 36.7. The lowest BCUT2D eigenvalue weighted by Gasteiger charge is -2.36. The van der Waals surface area contributed by atoms with Gasteiger partial charge in [0.05, 0.1) is 44.5 Å². The Balaban J connectivity index is 1.01. The number of rotatable bonds is 12. The fourth-order valence-corrected chi connectivity index (χ4v) is 6.57. The Kier molecular flexibility index (Phi) is 11.3. The third-order valence-electron chi connectivity index (χ3n) is 9.60. The predicted molar refractivity (Wildman–Crippen MR) is 203 cm³/mol. The van der Waals surface area contributed by atoms with Crippen molar-refractivity contribution in [3.8, 4) is 16.9 Å². The number of aromatic hydroxyl groups is 1. The molecule has 6 N–H and O–H groups in total. The number of fused-ring (bicyclic) bond motifs is 1. The Labute approximate surface area is 302 Å². The molecule has 0 saturated carbocycles. The molecule has 11 nitrogen and oxygen atoms in total. The fraction of sp³-hybridized carbons (Fsp3) is 0.293. The number of aliphatic hydroxyl groups excluding tert-OH is 1. The third-order valence-corrected chi connectivity index (χ3v) is 9.60. The number of phenolic OH excluding ortho intramolecular Hbond substituents is 1. The minimum Gasteiger partial charge on any atom is -0.506 e. The molecule has 11 heteroatoms. The maximum Gasteiger partial charge on any atom is 0.411 e. The molecule has 4 aromatic carbocycles. The molecule has 1 fully saturated rings. The van der Waals surface area contributed by atoms with Gasteiger partial charge in [-0.05, 0) is 59.0 Å². The first kappa shape index (κ1) is 36.3. The second kappa shape index (κ2) is 16.2. The zero-order valence-corrected chi connectivity index (χ0v) is 29.5. The van der Waals surface area contributed by atoms with E-state index in [9.17, 15) is 24.6 Å². The van der Waals surface area contributed by atoms with E-state index in [1.165, 1.54) is 12.1 Å². The van der Waals surface area contributed by atoms with Crippen LogP contribution in [-0.2, 0) is 22.5 Å². The number of piperidine rings is 1. The van der Waals surface area contributed by atoms with E-state index in [0.717, 1.165) is 52.7 Å². The van der Waals surface area contributed by atoms with Gasteiger partial charge in [-0.15, -0.1) is 0 Å². The summed E-state index contributed by atoms with van der Waals surface area (Å²) in [6.07, 6.45) is 0.957. The Bertz CT molecular complexity index is 2070. The summed E-state index contributed by atoms with van der Waals surface area (Å²) in [5.74, 6) is -0.184. The van der Waals surface area contributed by atoms with Gasteiger partial charge in [-0.25, -0.2) is 4.79 Å². The lowest BCUT2D eigenvalue weighted by Crippen LogP contribution is -2.48. The van der Waals surface area contributed by atoms with Crippen molar-refractivity contribution in [3.63, 3.8) is 0 Å². The molecule has 0 radical (unpaired) electrons. The topological polar surface area (TPSA) is 153 Å². The summed E-state index contributed by atoms with van der Waals surface area (Å²) in [5, 5.41) is 30.7. The van der Waals surface area contributed by atoms with Crippen LogP contribution in [0.5, 0.6) is 5.75 Å². The average Bonchev–Trinajstić information content (AvgIpc) is 3.13. The van der Waals surface area contributed by atoms with Crippen molar-refractivity contribution < 1.29 is 29.0 Å². The number of phenols is 1. The van der Waals surface area contributed by atoms with Crippen LogP contribution in [0.2, 0.25) is 0 Å². The van der Waals surface area contributed by atoms with Crippen LogP contribution < -0.4 is 21.5 Å². The third kappa shape index (κ3) is 9.43. The van der Waals surface area contributed by atoms with Crippen LogP contribution >= 0.6 is 0 Å². The van der Waals surface area contributed by atoms with Crippen molar-refractivity contribution in [2.45, 2.75) is 44.4 Å². The summed E-state index contributed by atoms with van der Waals surface area (Å²) in [6.45, 7) is 2.66. The smallest absolute Gasteiger partial charge is 0.411 e. The molecule has 2 heterocycles. The van der Waals surface area contributed by atoms with Crippen LogP contribution in [0.3, 0.4) is 0 Å². The van der Waals surface area contributed by atoms with Crippen molar-refractivity contribution >= 4 is 34.3 Å². The van der Waals surface area contributed by atoms with Crippen LogP contribution in [0.25, 0.3) is 22.0 Å². The van der Waals surface area contributed by atoms with Crippen molar-refractivity contribution in [1.82, 2.24) is 10.3 Å². The van der Waals surface area contributed by atoms with E-state index in [2.05, 4.69) is 35.0 Å². The number of H-pyrrole nitrogens is 1. The Morgan fingerprint density at radius 1 is 0.904 bits per heavy atom. The van der Waals surface area contributed by atoms with E-state index in [1.807, 2.05) is 72.8 Å². The van der Waals surface area contributed by atoms with Gasteiger partial charge in [-0.3, -0.25) is 14.9 Å². The minimum absolute atomic E-state index is 0.0554. The van der Waals surface area contributed by atoms with Crippen LogP contribution in [0.15, 0.2) is 102 Å². The molecule has 1 aliphatic heterocycles. The van der Waals surface area contributed by atoms with Gasteiger partial charge in [0.15, 0.2) is 0 Å². The number of aromatic nitrogens is 1. The number of anilines is 2. The molecule has 1 aromatic heterocycles. The van der Waals surface area contributed by atoms with E-state index >= 15 is 0 Å². The minimum atomic E-state index is -0.864. The maximum absolute atomic E-state index is 13.0. The summed E-state index contributed by atoms with van der Waals surface area (Å²) >= 11 is 0. The summed E-state index contributed by atoms with van der Waals surface area (Å²) in [4.78, 5) is 40.2. The quantitative estimate of drug-likeness (QED) is 0.0861. The molecule has 6 rings (SSSR count). The molecular weight excluding hydrogens is 658 g/mol. The number of aliphatic hydroxyl groups is 1. The van der Waals surface area contributed by atoms with Gasteiger partial charge in [0.1, 0.15) is 11.9 Å². The second-order valence-corrected chi connectivity index (χ2v) is 14.0. The van der Waals surface area contributed by atoms with Gasteiger partial charge in [0.25, 0.3) is 0 Å². The van der Waals surface area contributed by atoms with Crippen LogP contribution in [0.1, 0.15) is 42.1 Å². The molecule has 1 aliphatic rings. The van der Waals surface area contributed by atoms with E-state index in [4.69, 9.17) is 4.74 Å². The maximum atomic E-state index is 13.0. The first-order valence-corrected chi connectivity index (χ1v) is 17.6. The number of aromatic amines is 1. The Hall–Kier alpha value is -5.49. The molecule has 5 aromatic rings. The molecule has 1 unspecified atom stereocenters. The number of amides is 2. The standard InChI is InChI=1S/C41H45N5O6/c1-46(2)22-20-31(21-23-46)52-41(51)44-35-24-27(10-14-32(35)29-6-4-3-5-7-29)11-18-38(49)43-30-12-8-28(9-13-30)25-42-26-37(48)33-15-17-36(47)40-34(33)16-19-39(50)45-40/h3-10,12-17,19,24,31,37,42,48H,11,18,20-23,25-26H2,1-2H3,(H3-,43,44,45,47,49,50,51)/p+1. The number of likely N-dealkylation sites (tertiary alicyclic amines) is 1. The van der Waals surface area contributed by atoms with Gasteiger partial charge in [-0.2, -0.15) is 0 Å². The highest BCUT2D eigenvalue weighted by Crippen LogP contribution is 2.31. The number of hydrogen-bond acceptors (Lipinski definition) is 7. The number of hydrogen-bond donors (Lipinski definition) is 6. The van der Waals surface area contributed by atoms with Crippen LogP contribution in [0, 0.1) is 0 Å². The van der Waals surface area contributed by atoms with Gasteiger partial charge >= 0.3 is 6.09 Å². The number of benzene rings is 4. The number of aryl methyl sites for hydroxylation is 1. The lowest BCUT2D eigenvalue weighted by molar-refractivity contribution is -0.896. The molecule has 0 bridgehead atoms. The number of nitrogens with zero attached hydrogens (tertiary/aromatic N) is 1. The van der Waals surface area contributed by atoms with Crippen molar-refractivity contribution in [1.29, 1.82) is 0 Å². The molecule has 2 amide bonds. The van der Waals surface area contributed by atoms with Crippen molar-refractivity contribution in [2.24, 2.45) is 0 Å². The predicted octanol–water partition coefficient (Wildman–Crippen LogP) is 6.08. The number of ether oxygens (including phenoxy) is 1. The number of carbonyl (C=O) groups excluding carboxylic acids is 2. The zero-order valence-electron chi connectivity index (χ0n) is 29.5. The number of carbonyl (C=O) groups is 2. The summed E-state index contributed by atoms with van der Waals surface area (Å²) < 4.78 is 6.74. The van der Waals surface area contributed by atoms with Crippen molar-refractivity contribution in [2.75, 3.05) is 44.4 Å². The molecule has 1 saturated heterocycles. The number of nitrogens with one attached hydrogen (secondary N) is 4. The Morgan fingerprint density at radius 2 is 1.63 bits per heavy atom. The highest BCUT2D eigenvalue weighted by Gasteiger charge is 2.28. The van der Waals surface area contributed by atoms with E-state index < -0.39 is 12.2 Å². The normalized spacial score (nSPS) is 14.8. The van der Waals surface area contributed by atoms with E-state index in [1.54, 1.807) is 12.1 Å². The number of quaternary nitrogens is 1. The molecule has 52 heavy (non-hydrogen) atoms. The van der Waals surface area contributed by atoms with Gasteiger partial charge in [-0.1, -0.05) is 60.7 Å². The van der Waals surface area contributed by atoms with Gasteiger partial charge in [0, 0.05) is 55.1 Å². The molecular formula is C41H46N5O6+. The highest BCUT2D eigenvalue weighted by atomic mass is 16.6.